The number of carbonyl (C=O) groups is 1. The molecule has 1 aliphatic rings. The van der Waals surface area contributed by atoms with E-state index in [0.717, 1.165) is 49.5 Å². The van der Waals surface area contributed by atoms with Crippen LogP contribution in [0.1, 0.15) is 6.42 Å². The molecule has 1 saturated heterocycles. The molecule has 0 aliphatic carbocycles. The second-order valence-electron chi connectivity index (χ2n) is 7.50. The highest BCUT2D eigenvalue weighted by atomic mass is 16.5. The van der Waals surface area contributed by atoms with Crippen molar-refractivity contribution < 1.29 is 18.8 Å². The van der Waals surface area contributed by atoms with Crippen LogP contribution >= 0.6 is 0 Å². The Balaban J connectivity index is 1.35. The van der Waals surface area contributed by atoms with Crippen LogP contribution in [0.2, 0.25) is 0 Å². The highest BCUT2D eigenvalue weighted by Crippen LogP contribution is 2.25. The fourth-order valence-electron chi connectivity index (χ4n) is 3.42. The molecular formula is C23H26N4O4. The van der Waals surface area contributed by atoms with Crippen LogP contribution in [0.15, 0.2) is 53.1 Å². The topological polar surface area (TPSA) is 80.9 Å². The molecule has 2 aromatic carbocycles. The van der Waals surface area contributed by atoms with Crippen molar-refractivity contribution in [1.82, 2.24) is 19.9 Å². The van der Waals surface area contributed by atoms with Gasteiger partial charge in [-0.05, 0) is 68.5 Å². The minimum absolute atomic E-state index is 0.0143. The molecule has 0 saturated carbocycles. The first-order valence-electron chi connectivity index (χ1n) is 10.3. The zero-order chi connectivity index (χ0) is 21.6. The van der Waals surface area contributed by atoms with Crippen molar-refractivity contribution in [1.29, 1.82) is 0 Å². The maximum absolute atomic E-state index is 12.4. The maximum atomic E-state index is 12.4. The molecule has 8 heteroatoms. The van der Waals surface area contributed by atoms with E-state index in [4.69, 9.17) is 14.0 Å². The number of rotatable bonds is 6. The summed E-state index contributed by atoms with van der Waals surface area (Å²) in [6, 6.07) is 14.7. The van der Waals surface area contributed by atoms with Gasteiger partial charge >= 0.3 is 0 Å². The van der Waals surface area contributed by atoms with Gasteiger partial charge < -0.3 is 23.8 Å². The summed E-state index contributed by atoms with van der Waals surface area (Å²) < 4.78 is 16.3. The number of hydrogen-bond donors (Lipinski definition) is 0. The minimum atomic E-state index is 0.0143. The average molecular weight is 422 g/mol. The number of amides is 1. The zero-order valence-electron chi connectivity index (χ0n) is 17.8. The van der Waals surface area contributed by atoms with Gasteiger partial charge in [0.15, 0.2) is 6.61 Å². The number of hydrogen-bond acceptors (Lipinski definition) is 7. The second-order valence-corrected chi connectivity index (χ2v) is 7.50. The molecule has 4 rings (SSSR count). The molecule has 1 aromatic heterocycles. The number of methoxy groups -OCH3 is 1. The SMILES string of the molecule is COc1ccc(-c2noc(-c3ccc(OCC(=O)N4CCCN(C)CC4)cc3)n2)cc1. The highest BCUT2D eigenvalue weighted by molar-refractivity contribution is 5.77. The molecule has 0 bridgehead atoms. The molecule has 8 nitrogen and oxygen atoms in total. The standard InChI is InChI=1S/C23H26N4O4/c1-26-12-3-13-27(15-14-26)21(28)16-30-20-10-6-18(7-11-20)23-24-22(25-31-23)17-4-8-19(29-2)9-5-17/h4-11H,3,12-16H2,1-2H3. The van der Waals surface area contributed by atoms with E-state index in [-0.39, 0.29) is 12.5 Å². The molecule has 1 amide bonds. The Morgan fingerprint density at radius 3 is 2.42 bits per heavy atom. The maximum Gasteiger partial charge on any atom is 0.260 e. The molecule has 0 radical (unpaired) electrons. The lowest BCUT2D eigenvalue weighted by Crippen LogP contribution is -2.37. The number of nitrogens with zero attached hydrogens (tertiary/aromatic N) is 4. The van der Waals surface area contributed by atoms with Crippen LogP contribution in [0.25, 0.3) is 22.8 Å². The third-order valence-electron chi connectivity index (χ3n) is 5.31. The predicted molar refractivity (Wildman–Crippen MR) is 116 cm³/mol. The molecule has 1 aliphatic heterocycles. The number of likely N-dealkylation sites (N-methyl/N-ethyl adjacent to an activating group) is 1. The van der Waals surface area contributed by atoms with Crippen molar-refractivity contribution in [2.75, 3.05) is 46.9 Å². The molecule has 162 valence electrons. The van der Waals surface area contributed by atoms with Gasteiger partial charge in [0.05, 0.1) is 7.11 Å². The smallest absolute Gasteiger partial charge is 0.260 e. The van der Waals surface area contributed by atoms with Crippen LogP contribution in [0, 0.1) is 0 Å². The monoisotopic (exact) mass is 422 g/mol. The third-order valence-corrected chi connectivity index (χ3v) is 5.31. The first-order chi connectivity index (χ1) is 15.1. The Morgan fingerprint density at radius 2 is 1.68 bits per heavy atom. The summed E-state index contributed by atoms with van der Waals surface area (Å²) in [5, 5.41) is 4.05. The Hall–Kier alpha value is -3.39. The Morgan fingerprint density at radius 1 is 0.968 bits per heavy atom. The summed E-state index contributed by atoms with van der Waals surface area (Å²) in [5.74, 6) is 2.33. The van der Waals surface area contributed by atoms with Crippen molar-refractivity contribution in [2.24, 2.45) is 0 Å². The number of aromatic nitrogens is 2. The highest BCUT2D eigenvalue weighted by Gasteiger charge is 2.18. The molecule has 2 heterocycles. The van der Waals surface area contributed by atoms with Gasteiger partial charge in [0, 0.05) is 30.8 Å². The van der Waals surface area contributed by atoms with Crippen LogP contribution in [-0.2, 0) is 4.79 Å². The van der Waals surface area contributed by atoms with E-state index in [2.05, 4.69) is 22.1 Å². The van der Waals surface area contributed by atoms with Gasteiger partial charge in [0.2, 0.25) is 5.82 Å². The van der Waals surface area contributed by atoms with Crippen LogP contribution in [-0.4, -0.2) is 72.8 Å². The fraction of sp³-hybridized carbons (Fsp3) is 0.348. The summed E-state index contributed by atoms with van der Waals surface area (Å²) >= 11 is 0. The quantitative estimate of drug-likeness (QED) is 0.604. The molecule has 0 atom stereocenters. The molecule has 0 N–H and O–H groups in total. The average Bonchev–Trinajstić information content (AvgIpc) is 3.20. The number of ether oxygens (including phenoxy) is 2. The summed E-state index contributed by atoms with van der Waals surface area (Å²) in [4.78, 5) is 21.0. The molecule has 1 fully saturated rings. The van der Waals surface area contributed by atoms with Gasteiger partial charge in [-0.15, -0.1) is 0 Å². The van der Waals surface area contributed by atoms with E-state index in [9.17, 15) is 4.79 Å². The third kappa shape index (κ3) is 5.21. The normalized spacial score (nSPS) is 14.8. The largest absolute Gasteiger partial charge is 0.497 e. The Bertz CT molecular complexity index is 1000. The Labute approximate surface area is 181 Å². The molecule has 0 unspecified atom stereocenters. The Kier molecular flexibility index (Phi) is 6.47. The predicted octanol–water partition coefficient (Wildman–Crippen LogP) is 2.96. The van der Waals surface area contributed by atoms with Crippen LogP contribution in [0.3, 0.4) is 0 Å². The van der Waals surface area contributed by atoms with Crippen molar-refractivity contribution in [3.63, 3.8) is 0 Å². The van der Waals surface area contributed by atoms with E-state index in [1.807, 2.05) is 41.3 Å². The van der Waals surface area contributed by atoms with Gasteiger partial charge in [-0.25, -0.2) is 0 Å². The van der Waals surface area contributed by atoms with Crippen LogP contribution in [0.4, 0.5) is 0 Å². The van der Waals surface area contributed by atoms with E-state index in [1.54, 1.807) is 19.2 Å². The number of carbonyl (C=O) groups excluding carboxylic acids is 1. The summed E-state index contributed by atoms with van der Waals surface area (Å²) in [6.07, 6.45) is 0.986. The minimum Gasteiger partial charge on any atom is -0.497 e. The van der Waals surface area contributed by atoms with E-state index < -0.39 is 0 Å². The lowest BCUT2D eigenvalue weighted by Gasteiger charge is -2.20. The van der Waals surface area contributed by atoms with Gasteiger partial charge in [0.1, 0.15) is 11.5 Å². The fourth-order valence-corrected chi connectivity index (χ4v) is 3.42. The van der Waals surface area contributed by atoms with Crippen molar-refractivity contribution in [3.8, 4) is 34.3 Å². The first kappa shape index (κ1) is 20.9. The van der Waals surface area contributed by atoms with Crippen molar-refractivity contribution >= 4 is 5.91 Å². The van der Waals surface area contributed by atoms with E-state index in [1.165, 1.54) is 0 Å². The molecular weight excluding hydrogens is 396 g/mol. The lowest BCUT2D eigenvalue weighted by atomic mass is 10.2. The van der Waals surface area contributed by atoms with E-state index in [0.29, 0.717) is 17.5 Å². The van der Waals surface area contributed by atoms with Crippen molar-refractivity contribution in [3.05, 3.63) is 48.5 Å². The summed E-state index contributed by atoms with van der Waals surface area (Å²) in [7, 11) is 3.70. The zero-order valence-corrected chi connectivity index (χ0v) is 17.8. The van der Waals surface area contributed by atoms with E-state index >= 15 is 0 Å². The van der Waals surface area contributed by atoms with Gasteiger partial charge in [-0.2, -0.15) is 4.98 Å². The lowest BCUT2D eigenvalue weighted by molar-refractivity contribution is -0.133. The first-order valence-corrected chi connectivity index (χ1v) is 10.3. The second kappa shape index (κ2) is 9.61. The van der Waals surface area contributed by atoms with Gasteiger partial charge in [0.25, 0.3) is 11.8 Å². The van der Waals surface area contributed by atoms with Gasteiger partial charge in [-0.1, -0.05) is 5.16 Å². The summed E-state index contributed by atoms with van der Waals surface area (Å²) in [5.41, 5.74) is 1.62. The van der Waals surface area contributed by atoms with Crippen LogP contribution in [0.5, 0.6) is 11.5 Å². The van der Waals surface area contributed by atoms with Crippen molar-refractivity contribution in [2.45, 2.75) is 6.42 Å². The van der Waals surface area contributed by atoms with Crippen LogP contribution < -0.4 is 9.47 Å². The van der Waals surface area contributed by atoms with Gasteiger partial charge in [-0.3, -0.25) is 4.79 Å². The molecule has 31 heavy (non-hydrogen) atoms. The molecule has 0 spiro atoms. The number of benzene rings is 2. The molecule has 3 aromatic rings. The summed E-state index contributed by atoms with van der Waals surface area (Å²) in [6.45, 7) is 3.46.